The second kappa shape index (κ2) is 9.29. The van der Waals surface area contributed by atoms with Crippen molar-refractivity contribution in [3.8, 4) is 0 Å². The van der Waals surface area contributed by atoms with Crippen LogP contribution in [-0.4, -0.2) is 62.3 Å². The van der Waals surface area contributed by atoms with Gasteiger partial charge < -0.3 is 20.0 Å². The summed E-state index contributed by atoms with van der Waals surface area (Å²) in [7, 11) is 7.61. The first kappa shape index (κ1) is 22.5. The van der Waals surface area contributed by atoms with Gasteiger partial charge in [0, 0.05) is 0 Å². The predicted octanol–water partition coefficient (Wildman–Crippen LogP) is -0.629. The molecule has 0 rings (SSSR count). The van der Waals surface area contributed by atoms with Gasteiger partial charge in [-0.1, -0.05) is 27.7 Å². The van der Waals surface area contributed by atoms with Crippen LogP contribution in [-0.2, 0) is 16.5 Å². The second-order valence-electron chi connectivity index (χ2n) is 5.99. The minimum Gasteiger partial charge on any atom is -0.849 e. The van der Waals surface area contributed by atoms with E-state index in [2.05, 4.69) is 0 Å². The van der Waals surface area contributed by atoms with Gasteiger partial charge in [0.15, 0.2) is 0 Å². The second-order valence-corrected chi connectivity index (χ2v) is 5.99. The van der Waals surface area contributed by atoms with Crippen LogP contribution in [0.3, 0.4) is 0 Å². The Morgan fingerprint density at radius 3 is 0.882 bits per heavy atom. The minimum atomic E-state index is -0.802. The van der Waals surface area contributed by atoms with Crippen molar-refractivity contribution >= 4 is 0 Å². The van der Waals surface area contributed by atoms with Crippen molar-refractivity contribution in [2.75, 3.05) is 41.3 Å². The van der Waals surface area contributed by atoms with E-state index in [1.165, 1.54) is 0 Å². The van der Waals surface area contributed by atoms with Crippen molar-refractivity contribution in [3.05, 3.63) is 0 Å². The molecule has 4 nitrogen and oxygen atoms in total. The van der Waals surface area contributed by atoms with E-state index < -0.39 is 11.2 Å². The Balaban J connectivity index is -0.000000218. The zero-order chi connectivity index (χ0) is 13.6. The number of nitrogens with zero attached hydrogens (tertiary/aromatic N) is 2. The number of hydrogen-bond donors (Lipinski definition) is 0. The van der Waals surface area contributed by atoms with Gasteiger partial charge >= 0.3 is 16.5 Å². The third kappa shape index (κ3) is 31.4. The van der Waals surface area contributed by atoms with Crippen LogP contribution in [0.2, 0.25) is 0 Å². The van der Waals surface area contributed by atoms with Crippen LogP contribution in [0.5, 0.6) is 0 Å². The normalized spacial score (nSPS) is 12.0. The van der Waals surface area contributed by atoms with E-state index in [9.17, 15) is 10.2 Å². The molecule has 0 aromatic heterocycles. The molecule has 0 aromatic rings. The van der Waals surface area contributed by atoms with E-state index in [0.29, 0.717) is 13.1 Å². The van der Waals surface area contributed by atoms with E-state index >= 15 is 0 Å². The molecule has 0 amide bonds. The maximum atomic E-state index is 10.9. The summed E-state index contributed by atoms with van der Waals surface area (Å²) in [5.41, 5.74) is -1.60. The molecule has 0 radical (unpaired) electrons. The average molecular weight is 291 g/mol. The van der Waals surface area contributed by atoms with Gasteiger partial charge in [0.2, 0.25) is 0 Å². The number of likely N-dealkylation sites (N-methyl/N-ethyl adjacent to an activating group) is 2. The summed E-state index contributed by atoms with van der Waals surface area (Å²) in [6.45, 7) is 7.96. The van der Waals surface area contributed by atoms with E-state index in [0.717, 1.165) is 0 Å². The Morgan fingerprint density at radius 1 is 0.706 bits per heavy atom. The quantitative estimate of drug-likeness (QED) is 0.647. The molecule has 0 spiro atoms. The van der Waals surface area contributed by atoms with Crippen molar-refractivity contribution in [1.29, 1.82) is 0 Å². The fourth-order valence-corrected chi connectivity index (χ4v) is 1.52. The molecule has 0 unspecified atom stereocenters. The fourth-order valence-electron chi connectivity index (χ4n) is 1.52. The Hall–Kier alpha value is 0.334. The van der Waals surface area contributed by atoms with Gasteiger partial charge in [-0.25, -0.2) is 0 Å². The first-order valence-electron chi connectivity index (χ1n) is 5.54. The minimum absolute atomic E-state index is 0. The fraction of sp³-hybridized carbons (Fsp3) is 1.00. The van der Waals surface area contributed by atoms with Crippen LogP contribution >= 0.6 is 0 Å². The van der Waals surface area contributed by atoms with Gasteiger partial charge in [0.25, 0.3) is 0 Å². The molecule has 108 valence electrons. The molecule has 0 bridgehead atoms. The molecule has 0 saturated carbocycles. The van der Waals surface area contributed by atoms with Crippen molar-refractivity contribution in [1.82, 2.24) is 9.80 Å². The molecule has 5 heteroatoms. The zero-order valence-corrected chi connectivity index (χ0v) is 13.4. The molecule has 0 fully saturated rings. The van der Waals surface area contributed by atoms with Gasteiger partial charge in [-0.05, 0) is 41.3 Å². The van der Waals surface area contributed by atoms with Crippen molar-refractivity contribution in [2.24, 2.45) is 0 Å². The third-order valence-electron chi connectivity index (χ3n) is 1.39. The summed E-state index contributed by atoms with van der Waals surface area (Å²) in [6, 6.07) is 0. The monoisotopic (exact) mass is 290 g/mol. The van der Waals surface area contributed by atoms with Crippen LogP contribution in [0.25, 0.3) is 0 Å². The Morgan fingerprint density at radius 2 is 0.882 bits per heavy atom. The number of hydrogen-bond acceptors (Lipinski definition) is 4. The Labute approximate surface area is 117 Å². The maximum Gasteiger partial charge on any atom is 2.00 e. The van der Waals surface area contributed by atoms with E-state index in [1.807, 2.05) is 38.0 Å². The predicted molar refractivity (Wildman–Crippen MR) is 65.3 cm³/mol. The molecule has 0 heterocycles. The molecule has 0 aliphatic rings. The smallest absolute Gasteiger partial charge is 0.849 e. The van der Waals surface area contributed by atoms with E-state index in [1.54, 1.807) is 27.7 Å². The van der Waals surface area contributed by atoms with E-state index in [-0.39, 0.29) is 16.5 Å². The molecule has 0 atom stereocenters. The molecule has 17 heavy (non-hydrogen) atoms. The molecule has 0 aliphatic heterocycles. The van der Waals surface area contributed by atoms with Gasteiger partial charge in [-0.3, -0.25) is 0 Å². The van der Waals surface area contributed by atoms with Crippen molar-refractivity contribution in [3.63, 3.8) is 0 Å². The summed E-state index contributed by atoms with van der Waals surface area (Å²) in [5.74, 6) is 0. The Bertz CT molecular complexity index is 152. The van der Waals surface area contributed by atoms with Crippen LogP contribution in [0.1, 0.15) is 27.7 Å². The van der Waals surface area contributed by atoms with Crippen LogP contribution in [0.15, 0.2) is 0 Å². The summed E-state index contributed by atoms with van der Waals surface area (Å²) in [5, 5.41) is 21.7. The van der Waals surface area contributed by atoms with Gasteiger partial charge in [-0.15, -0.1) is 11.2 Å². The molecular weight excluding hydrogens is 263 g/mol. The molecule has 0 aromatic carbocycles. The van der Waals surface area contributed by atoms with Gasteiger partial charge in [0.05, 0.1) is 0 Å². The maximum absolute atomic E-state index is 10.9. The SMILES string of the molecule is CN(C)CC(C)(C)[O-].CN(C)CC(C)(C)[O-].[Ni+2]. The summed E-state index contributed by atoms with van der Waals surface area (Å²) in [4.78, 5) is 3.79. The topological polar surface area (TPSA) is 52.6 Å². The molecule has 0 aliphatic carbocycles. The first-order valence-corrected chi connectivity index (χ1v) is 5.54. The number of rotatable bonds is 4. The standard InChI is InChI=1S/2C6H14NO.Ni/c2*1-6(2,8)5-7(3)4;/h2*5H2,1-4H3;/q2*-1;+2. The summed E-state index contributed by atoms with van der Waals surface area (Å²) in [6.07, 6.45) is 0. The molecular formula is C12H28N2NiO2. The van der Waals surface area contributed by atoms with Gasteiger partial charge in [-0.2, -0.15) is 0 Å². The molecule has 0 saturated heterocycles. The zero-order valence-electron chi connectivity index (χ0n) is 12.4. The van der Waals surface area contributed by atoms with Crippen LogP contribution in [0.4, 0.5) is 0 Å². The third-order valence-corrected chi connectivity index (χ3v) is 1.39. The van der Waals surface area contributed by atoms with Crippen LogP contribution in [0, 0.1) is 0 Å². The Kier molecular flexibility index (Phi) is 12.3. The van der Waals surface area contributed by atoms with Crippen LogP contribution < -0.4 is 10.2 Å². The summed E-state index contributed by atoms with van der Waals surface area (Å²) < 4.78 is 0. The van der Waals surface area contributed by atoms with Gasteiger partial charge in [0.1, 0.15) is 0 Å². The van der Waals surface area contributed by atoms with Crippen molar-refractivity contribution in [2.45, 2.75) is 38.9 Å². The largest absolute Gasteiger partial charge is 2.00 e. The van der Waals surface area contributed by atoms with Crippen molar-refractivity contribution < 1.29 is 26.7 Å². The first-order chi connectivity index (χ1) is 6.83. The average Bonchev–Trinajstić information content (AvgIpc) is 1.72. The van der Waals surface area contributed by atoms with E-state index in [4.69, 9.17) is 0 Å². The molecule has 0 N–H and O–H groups in total. The summed E-state index contributed by atoms with van der Waals surface area (Å²) >= 11 is 0.